The molecular formula is C17H19N3O4. The summed E-state index contributed by atoms with van der Waals surface area (Å²) in [4.78, 5) is 27.4. The molecule has 2 N–H and O–H groups in total. The predicted octanol–water partition coefficient (Wildman–Crippen LogP) is 0.902. The van der Waals surface area contributed by atoms with Gasteiger partial charge in [-0.2, -0.15) is 0 Å². The molecule has 0 unspecified atom stereocenters. The molecule has 126 valence electrons. The Bertz CT molecular complexity index is 677. The van der Waals surface area contributed by atoms with E-state index in [1.165, 1.54) is 7.11 Å². The van der Waals surface area contributed by atoms with E-state index >= 15 is 0 Å². The summed E-state index contributed by atoms with van der Waals surface area (Å²) in [5, 5.41) is 5.19. The van der Waals surface area contributed by atoms with E-state index in [4.69, 9.17) is 9.47 Å². The van der Waals surface area contributed by atoms with Crippen molar-refractivity contribution in [1.29, 1.82) is 0 Å². The topological polar surface area (TPSA) is 89.5 Å². The molecule has 0 aliphatic rings. The van der Waals surface area contributed by atoms with Gasteiger partial charge < -0.3 is 20.1 Å². The lowest BCUT2D eigenvalue weighted by atomic mass is 10.3. The summed E-state index contributed by atoms with van der Waals surface area (Å²) in [7, 11) is 1.52. The summed E-state index contributed by atoms with van der Waals surface area (Å²) < 4.78 is 10.5. The number of benzene rings is 1. The van der Waals surface area contributed by atoms with E-state index in [1.54, 1.807) is 42.7 Å². The first-order valence-electron chi connectivity index (χ1n) is 7.37. The maximum absolute atomic E-state index is 11.7. The van der Waals surface area contributed by atoms with E-state index in [2.05, 4.69) is 15.6 Å². The number of rotatable bonds is 8. The van der Waals surface area contributed by atoms with Crippen molar-refractivity contribution >= 4 is 11.8 Å². The number of hydrogen-bond donors (Lipinski definition) is 2. The Kier molecular flexibility index (Phi) is 6.58. The Labute approximate surface area is 140 Å². The summed E-state index contributed by atoms with van der Waals surface area (Å²) >= 11 is 0. The van der Waals surface area contributed by atoms with Crippen LogP contribution in [0.3, 0.4) is 0 Å². The zero-order valence-corrected chi connectivity index (χ0v) is 13.3. The van der Waals surface area contributed by atoms with Gasteiger partial charge in [-0.25, -0.2) is 0 Å². The van der Waals surface area contributed by atoms with E-state index in [1.807, 2.05) is 6.07 Å². The van der Waals surface area contributed by atoms with Crippen LogP contribution in [-0.2, 0) is 16.1 Å². The SMILES string of the molecule is COc1ccccc1OCC(=O)NCC(=O)NCc1cccnc1. The Morgan fingerprint density at radius 3 is 2.54 bits per heavy atom. The van der Waals surface area contributed by atoms with Gasteiger partial charge in [0, 0.05) is 18.9 Å². The van der Waals surface area contributed by atoms with Gasteiger partial charge in [0.15, 0.2) is 18.1 Å². The standard InChI is InChI=1S/C17H19N3O4/c1-23-14-6-2-3-7-15(14)24-12-17(22)20-11-16(21)19-10-13-5-4-8-18-9-13/h2-9H,10-12H2,1H3,(H,19,21)(H,20,22). The molecule has 0 fully saturated rings. The number of amides is 2. The van der Waals surface area contributed by atoms with Gasteiger partial charge in [0.2, 0.25) is 5.91 Å². The van der Waals surface area contributed by atoms with E-state index in [0.29, 0.717) is 18.0 Å². The minimum Gasteiger partial charge on any atom is -0.493 e. The molecular weight excluding hydrogens is 310 g/mol. The number of nitrogens with one attached hydrogen (secondary N) is 2. The first kappa shape index (κ1) is 17.3. The van der Waals surface area contributed by atoms with Crippen LogP contribution in [0, 0.1) is 0 Å². The molecule has 7 heteroatoms. The second-order valence-corrected chi connectivity index (χ2v) is 4.85. The van der Waals surface area contributed by atoms with Crippen molar-refractivity contribution in [2.45, 2.75) is 6.54 Å². The fourth-order valence-corrected chi connectivity index (χ4v) is 1.88. The van der Waals surface area contributed by atoms with Gasteiger partial charge >= 0.3 is 0 Å². The Morgan fingerprint density at radius 2 is 1.83 bits per heavy atom. The van der Waals surface area contributed by atoms with Crippen molar-refractivity contribution in [2.24, 2.45) is 0 Å². The molecule has 0 saturated carbocycles. The minimum atomic E-state index is -0.391. The molecule has 2 amide bonds. The van der Waals surface area contributed by atoms with E-state index in [-0.39, 0.29) is 19.1 Å². The van der Waals surface area contributed by atoms with Crippen LogP contribution in [0.5, 0.6) is 11.5 Å². The van der Waals surface area contributed by atoms with Crippen LogP contribution < -0.4 is 20.1 Å². The highest BCUT2D eigenvalue weighted by Crippen LogP contribution is 2.25. The lowest BCUT2D eigenvalue weighted by Gasteiger charge is -2.10. The molecule has 0 aliphatic carbocycles. The number of hydrogen-bond acceptors (Lipinski definition) is 5. The third-order valence-corrected chi connectivity index (χ3v) is 3.09. The van der Waals surface area contributed by atoms with Crippen LogP contribution in [0.2, 0.25) is 0 Å². The second kappa shape index (κ2) is 9.14. The summed E-state index contributed by atoms with van der Waals surface area (Å²) in [6.07, 6.45) is 3.33. The van der Waals surface area contributed by atoms with E-state index < -0.39 is 5.91 Å². The van der Waals surface area contributed by atoms with Gasteiger partial charge in [0.1, 0.15) is 0 Å². The summed E-state index contributed by atoms with van der Waals surface area (Å²) in [6.45, 7) is 0.0465. The lowest BCUT2D eigenvalue weighted by Crippen LogP contribution is -2.38. The first-order chi connectivity index (χ1) is 11.7. The van der Waals surface area contributed by atoms with Crippen LogP contribution >= 0.6 is 0 Å². The van der Waals surface area contributed by atoms with Gasteiger partial charge in [-0.15, -0.1) is 0 Å². The Hall–Kier alpha value is -3.09. The quantitative estimate of drug-likeness (QED) is 0.751. The molecule has 1 heterocycles. The zero-order chi connectivity index (χ0) is 17.2. The molecule has 1 aromatic carbocycles. The number of carbonyl (C=O) groups is 2. The third-order valence-electron chi connectivity index (χ3n) is 3.09. The second-order valence-electron chi connectivity index (χ2n) is 4.85. The molecule has 2 rings (SSSR count). The van der Waals surface area contributed by atoms with Crippen molar-refractivity contribution in [3.63, 3.8) is 0 Å². The van der Waals surface area contributed by atoms with Crippen LogP contribution in [0.4, 0.5) is 0 Å². The van der Waals surface area contributed by atoms with Crippen LogP contribution in [0.15, 0.2) is 48.8 Å². The van der Waals surface area contributed by atoms with E-state index in [0.717, 1.165) is 5.56 Å². The van der Waals surface area contributed by atoms with Crippen molar-refractivity contribution in [3.8, 4) is 11.5 Å². The molecule has 1 aromatic heterocycles. The average molecular weight is 329 g/mol. The normalized spacial score (nSPS) is 9.88. The van der Waals surface area contributed by atoms with Gasteiger partial charge in [-0.1, -0.05) is 18.2 Å². The summed E-state index contributed by atoms with van der Waals surface area (Å²) in [5.41, 5.74) is 0.886. The largest absolute Gasteiger partial charge is 0.493 e. The monoisotopic (exact) mass is 329 g/mol. The summed E-state index contributed by atoms with van der Waals surface area (Å²) in [5.74, 6) is 0.331. The molecule has 7 nitrogen and oxygen atoms in total. The van der Waals surface area contributed by atoms with Gasteiger partial charge in [-0.05, 0) is 23.8 Å². The van der Waals surface area contributed by atoms with Crippen LogP contribution in [0.1, 0.15) is 5.56 Å². The van der Waals surface area contributed by atoms with Crippen molar-refractivity contribution in [3.05, 3.63) is 54.4 Å². The number of methoxy groups -OCH3 is 1. The Morgan fingerprint density at radius 1 is 1.04 bits per heavy atom. The van der Waals surface area contributed by atoms with Crippen LogP contribution in [0.25, 0.3) is 0 Å². The predicted molar refractivity (Wildman–Crippen MR) is 87.6 cm³/mol. The van der Waals surface area contributed by atoms with Crippen LogP contribution in [-0.4, -0.2) is 37.1 Å². The number of ether oxygens (including phenoxy) is 2. The van der Waals surface area contributed by atoms with Gasteiger partial charge in [0.05, 0.1) is 13.7 Å². The molecule has 0 aliphatic heterocycles. The fraction of sp³-hybridized carbons (Fsp3) is 0.235. The molecule has 0 spiro atoms. The minimum absolute atomic E-state index is 0.117. The number of para-hydroxylation sites is 2. The summed E-state index contributed by atoms with van der Waals surface area (Å²) in [6, 6.07) is 10.7. The number of aromatic nitrogens is 1. The molecule has 0 bridgehead atoms. The fourth-order valence-electron chi connectivity index (χ4n) is 1.88. The zero-order valence-electron chi connectivity index (χ0n) is 13.3. The number of carbonyl (C=O) groups excluding carboxylic acids is 2. The maximum Gasteiger partial charge on any atom is 0.258 e. The number of pyridine rings is 1. The average Bonchev–Trinajstić information content (AvgIpc) is 2.64. The van der Waals surface area contributed by atoms with Crippen molar-refractivity contribution < 1.29 is 19.1 Å². The maximum atomic E-state index is 11.7. The molecule has 0 radical (unpaired) electrons. The molecule has 0 saturated heterocycles. The molecule has 2 aromatic rings. The first-order valence-corrected chi connectivity index (χ1v) is 7.37. The smallest absolute Gasteiger partial charge is 0.258 e. The highest BCUT2D eigenvalue weighted by Gasteiger charge is 2.08. The highest BCUT2D eigenvalue weighted by molar-refractivity contribution is 5.85. The van der Waals surface area contributed by atoms with Crippen molar-refractivity contribution in [2.75, 3.05) is 20.3 Å². The lowest BCUT2D eigenvalue weighted by molar-refractivity contribution is -0.127. The molecule has 0 atom stereocenters. The van der Waals surface area contributed by atoms with Gasteiger partial charge in [0.25, 0.3) is 5.91 Å². The highest BCUT2D eigenvalue weighted by atomic mass is 16.5. The number of nitrogens with zero attached hydrogens (tertiary/aromatic N) is 1. The molecule has 24 heavy (non-hydrogen) atoms. The Balaban J connectivity index is 1.68. The third kappa shape index (κ3) is 5.60. The van der Waals surface area contributed by atoms with Crippen molar-refractivity contribution in [1.82, 2.24) is 15.6 Å². The van der Waals surface area contributed by atoms with E-state index in [9.17, 15) is 9.59 Å². The van der Waals surface area contributed by atoms with Gasteiger partial charge in [-0.3, -0.25) is 14.6 Å².